The summed E-state index contributed by atoms with van der Waals surface area (Å²) in [5, 5.41) is 0.291. The van der Waals surface area contributed by atoms with Gasteiger partial charge in [0, 0.05) is 30.6 Å². The van der Waals surface area contributed by atoms with Crippen LogP contribution in [0.15, 0.2) is 65.8 Å². The molecule has 2 saturated heterocycles. The van der Waals surface area contributed by atoms with Crippen molar-refractivity contribution >= 4 is 46.8 Å². The summed E-state index contributed by atoms with van der Waals surface area (Å²) < 4.78 is 20.1. The first-order valence-electron chi connectivity index (χ1n) is 12.3. The Bertz CT molecular complexity index is 1320. The molecule has 1 atom stereocenters. The van der Waals surface area contributed by atoms with Crippen LogP contribution in [-0.2, 0) is 10.5 Å². The molecule has 0 N–H and O–H groups in total. The summed E-state index contributed by atoms with van der Waals surface area (Å²) >= 11 is 13.4. The standard InChI is InChI=1S/C28H26Cl2FN3O3S/c29-22-14-20(15-23(30)24(22)31)26(35)34-12-13-37-28(18-34)9-5-11-33(17-28)27(36)21-8-4-10-32-25(21)38-16-19-6-2-1-3-7-19/h1-4,6-8,10,14-15H,5,9,11-13,16-18H2. The van der Waals surface area contributed by atoms with E-state index in [2.05, 4.69) is 4.98 Å². The number of piperidine rings is 1. The number of aromatic nitrogens is 1. The van der Waals surface area contributed by atoms with Gasteiger partial charge in [0.05, 0.1) is 35.3 Å². The molecule has 3 heterocycles. The van der Waals surface area contributed by atoms with E-state index in [0.717, 1.165) is 12.0 Å². The molecule has 1 spiro atoms. The SMILES string of the molecule is O=C(c1cc(Cl)c(F)c(Cl)c1)N1CCOC2(CCCN(C(=O)c3cccnc3SCc3ccccc3)C2)C1. The number of rotatable bonds is 5. The molecule has 2 aliphatic heterocycles. The fourth-order valence-corrected chi connectivity index (χ4v) is 6.39. The normalized spacial score (nSPS) is 19.6. The van der Waals surface area contributed by atoms with E-state index >= 15 is 0 Å². The third-order valence-corrected chi connectivity index (χ3v) is 8.44. The van der Waals surface area contributed by atoms with E-state index in [4.69, 9.17) is 27.9 Å². The van der Waals surface area contributed by atoms with Gasteiger partial charge in [-0.05, 0) is 42.7 Å². The average Bonchev–Trinajstić information content (AvgIpc) is 2.94. The van der Waals surface area contributed by atoms with Crippen LogP contribution in [0.2, 0.25) is 10.0 Å². The van der Waals surface area contributed by atoms with Crippen molar-refractivity contribution in [2.75, 3.05) is 32.8 Å². The monoisotopic (exact) mass is 573 g/mol. The Morgan fingerprint density at radius 3 is 2.45 bits per heavy atom. The van der Waals surface area contributed by atoms with E-state index in [0.29, 0.717) is 55.5 Å². The minimum atomic E-state index is -0.749. The number of hydrogen-bond donors (Lipinski definition) is 0. The summed E-state index contributed by atoms with van der Waals surface area (Å²) in [6.07, 6.45) is 3.16. The largest absolute Gasteiger partial charge is 0.369 e. The fraction of sp³-hybridized carbons (Fsp3) is 0.321. The lowest BCUT2D eigenvalue weighted by molar-refractivity contribution is -0.126. The van der Waals surface area contributed by atoms with Gasteiger partial charge in [0.25, 0.3) is 11.8 Å². The van der Waals surface area contributed by atoms with Crippen LogP contribution in [0.3, 0.4) is 0 Å². The van der Waals surface area contributed by atoms with Crippen LogP contribution in [0, 0.1) is 5.82 Å². The number of morpholine rings is 1. The van der Waals surface area contributed by atoms with E-state index in [1.165, 1.54) is 23.9 Å². The molecule has 0 radical (unpaired) electrons. The van der Waals surface area contributed by atoms with E-state index in [9.17, 15) is 14.0 Å². The number of hydrogen-bond acceptors (Lipinski definition) is 5. The molecule has 5 rings (SSSR count). The molecule has 0 aliphatic carbocycles. The summed E-state index contributed by atoms with van der Waals surface area (Å²) in [7, 11) is 0. The number of carbonyl (C=O) groups is 2. The lowest BCUT2D eigenvalue weighted by atomic mass is 9.90. The molecule has 3 aromatic rings. The molecule has 2 aromatic carbocycles. The Balaban J connectivity index is 1.30. The molecule has 2 fully saturated rings. The van der Waals surface area contributed by atoms with Gasteiger partial charge in [0.15, 0.2) is 5.82 Å². The minimum absolute atomic E-state index is 0.100. The molecule has 0 bridgehead atoms. The summed E-state index contributed by atoms with van der Waals surface area (Å²) in [5.41, 5.74) is 1.25. The van der Waals surface area contributed by atoms with Crippen LogP contribution in [-0.4, -0.2) is 65.0 Å². The first-order valence-corrected chi connectivity index (χ1v) is 14.1. The molecule has 10 heteroatoms. The maximum atomic E-state index is 13.9. The van der Waals surface area contributed by atoms with Gasteiger partial charge in [-0.25, -0.2) is 9.37 Å². The molecule has 198 valence electrons. The Labute approximate surface area is 235 Å². The topological polar surface area (TPSA) is 62.7 Å². The molecule has 2 amide bonds. The van der Waals surface area contributed by atoms with E-state index in [1.807, 2.05) is 36.4 Å². The summed E-state index contributed by atoms with van der Waals surface area (Å²) in [6.45, 7) is 1.98. The summed E-state index contributed by atoms with van der Waals surface area (Å²) in [4.78, 5) is 34.9. The van der Waals surface area contributed by atoms with Crippen molar-refractivity contribution in [3.8, 4) is 0 Å². The van der Waals surface area contributed by atoms with E-state index < -0.39 is 11.4 Å². The number of carbonyl (C=O) groups excluding carboxylic acids is 2. The molecule has 0 saturated carbocycles. The van der Waals surface area contributed by atoms with Crippen LogP contribution < -0.4 is 0 Å². The van der Waals surface area contributed by atoms with Gasteiger partial charge < -0.3 is 14.5 Å². The van der Waals surface area contributed by atoms with Crippen molar-refractivity contribution in [2.45, 2.75) is 29.2 Å². The second-order valence-corrected chi connectivity index (χ2v) is 11.3. The lowest BCUT2D eigenvalue weighted by Crippen LogP contribution is -2.61. The Morgan fingerprint density at radius 2 is 1.71 bits per heavy atom. The Kier molecular flexibility index (Phi) is 8.23. The Hall–Kier alpha value is -2.65. The number of benzene rings is 2. The predicted molar refractivity (Wildman–Crippen MR) is 146 cm³/mol. The van der Waals surface area contributed by atoms with Crippen LogP contribution >= 0.6 is 35.0 Å². The van der Waals surface area contributed by atoms with Gasteiger partial charge in [0.1, 0.15) is 10.6 Å². The third-order valence-electron chi connectivity index (χ3n) is 6.81. The van der Waals surface area contributed by atoms with Gasteiger partial charge in [-0.15, -0.1) is 11.8 Å². The number of thioether (sulfide) groups is 1. The summed E-state index contributed by atoms with van der Waals surface area (Å²) in [5.74, 6) is -0.440. The third kappa shape index (κ3) is 5.83. The predicted octanol–water partition coefficient (Wildman–Crippen LogP) is 5.97. The van der Waals surface area contributed by atoms with Crippen LogP contribution in [0.5, 0.6) is 0 Å². The fourth-order valence-electron chi connectivity index (χ4n) is 4.96. The number of ether oxygens (including phenoxy) is 1. The molecule has 1 aromatic heterocycles. The van der Waals surface area contributed by atoms with Crippen LogP contribution in [0.1, 0.15) is 39.1 Å². The zero-order valence-electron chi connectivity index (χ0n) is 20.5. The second-order valence-electron chi connectivity index (χ2n) is 9.47. The van der Waals surface area contributed by atoms with Gasteiger partial charge in [-0.1, -0.05) is 53.5 Å². The number of halogens is 3. The zero-order chi connectivity index (χ0) is 26.7. The first-order chi connectivity index (χ1) is 18.3. The minimum Gasteiger partial charge on any atom is -0.369 e. The van der Waals surface area contributed by atoms with Gasteiger partial charge >= 0.3 is 0 Å². The molecule has 1 unspecified atom stereocenters. The smallest absolute Gasteiger partial charge is 0.256 e. The van der Waals surface area contributed by atoms with Crippen molar-refractivity contribution in [1.82, 2.24) is 14.8 Å². The van der Waals surface area contributed by atoms with Crippen molar-refractivity contribution in [3.05, 3.63) is 93.3 Å². The molecule has 6 nitrogen and oxygen atoms in total. The average molecular weight is 575 g/mol. The lowest BCUT2D eigenvalue weighted by Gasteiger charge is -2.48. The molecular weight excluding hydrogens is 548 g/mol. The highest BCUT2D eigenvalue weighted by molar-refractivity contribution is 7.98. The van der Waals surface area contributed by atoms with Crippen LogP contribution in [0.25, 0.3) is 0 Å². The zero-order valence-corrected chi connectivity index (χ0v) is 22.9. The van der Waals surface area contributed by atoms with Crippen molar-refractivity contribution in [1.29, 1.82) is 0 Å². The van der Waals surface area contributed by atoms with Gasteiger partial charge in [0.2, 0.25) is 0 Å². The second kappa shape index (κ2) is 11.6. The maximum absolute atomic E-state index is 13.9. The first kappa shape index (κ1) is 26.9. The van der Waals surface area contributed by atoms with Crippen molar-refractivity contribution < 1.29 is 18.7 Å². The van der Waals surface area contributed by atoms with Crippen molar-refractivity contribution in [3.63, 3.8) is 0 Å². The highest BCUT2D eigenvalue weighted by Crippen LogP contribution is 2.33. The van der Waals surface area contributed by atoms with Crippen LogP contribution in [0.4, 0.5) is 4.39 Å². The Morgan fingerprint density at radius 1 is 1.00 bits per heavy atom. The van der Waals surface area contributed by atoms with Gasteiger partial charge in [-0.2, -0.15) is 0 Å². The van der Waals surface area contributed by atoms with E-state index in [1.54, 1.807) is 22.1 Å². The molecular formula is C28H26Cl2FN3O3S. The quantitative estimate of drug-likeness (QED) is 0.278. The molecule has 2 aliphatic rings. The van der Waals surface area contributed by atoms with Gasteiger partial charge in [-0.3, -0.25) is 9.59 Å². The number of likely N-dealkylation sites (tertiary alicyclic amines) is 1. The number of nitrogens with zero attached hydrogens (tertiary/aromatic N) is 3. The molecule has 38 heavy (non-hydrogen) atoms. The van der Waals surface area contributed by atoms with E-state index in [-0.39, 0.29) is 27.4 Å². The highest BCUT2D eigenvalue weighted by Gasteiger charge is 2.43. The summed E-state index contributed by atoms with van der Waals surface area (Å²) in [6, 6.07) is 16.2. The highest BCUT2D eigenvalue weighted by atomic mass is 35.5. The number of amides is 2. The van der Waals surface area contributed by atoms with Crippen molar-refractivity contribution in [2.24, 2.45) is 0 Å². The maximum Gasteiger partial charge on any atom is 0.256 e. The number of pyridine rings is 1.